The molecule has 0 aliphatic rings. The maximum atomic E-state index is 4.77. The highest BCUT2D eigenvalue weighted by Crippen LogP contribution is 2.27. The van der Waals surface area contributed by atoms with Crippen LogP contribution in [0.25, 0.3) is 10.9 Å². The van der Waals surface area contributed by atoms with Gasteiger partial charge in [0, 0.05) is 16.8 Å². The third-order valence-corrected chi connectivity index (χ3v) is 3.45. The van der Waals surface area contributed by atoms with Crippen molar-refractivity contribution in [1.29, 1.82) is 0 Å². The van der Waals surface area contributed by atoms with Crippen LogP contribution in [0.5, 0.6) is 0 Å². The minimum Gasteiger partial charge on any atom is -0.253 e. The largest absolute Gasteiger partial charge is 0.253 e. The number of pyridine rings is 1. The van der Waals surface area contributed by atoms with Crippen LogP contribution in [-0.4, -0.2) is 4.98 Å². The van der Waals surface area contributed by atoms with Crippen LogP contribution in [0.4, 0.5) is 0 Å². The predicted octanol–water partition coefficient (Wildman–Crippen LogP) is 4.40. The first kappa shape index (κ1) is 12.4. The molecule has 2 heteroatoms. The van der Waals surface area contributed by atoms with Crippen molar-refractivity contribution in [1.82, 2.24) is 4.98 Å². The van der Waals surface area contributed by atoms with E-state index < -0.39 is 0 Å². The van der Waals surface area contributed by atoms with Crippen molar-refractivity contribution in [2.24, 2.45) is 0 Å². The molecule has 17 heavy (non-hydrogen) atoms. The molecule has 1 nitrogen and oxygen atoms in total. The summed E-state index contributed by atoms with van der Waals surface area (Å²) < 4.78 is 0. The van der Waals surface area contributed by atoms with Gasteiger partial charge in [-0.2, -0.15) is 12.6 Å². The first-order valence-corrected chi connectivity index (χ1v) is 6.67. The van der Waals surface area contributed by atoms with Gasteiger partial charge in [0.25, 0.3) is 0 Å². The number of thiol groups is 1. The lowest BCUT2D eigenvalue weighted by molar-refractivity contribution is 0.828. The van der Waals surface area contributed by atoms with E-state index in [9.17, 15) is 0 Å². The highest BCUT2D eigenvalue weighted by Gasteiger charge is 2.10. The molecule has 0 radical (unpaired) electrons. The Hall–Kier alpha value is -1.02. The second kappa shape index (κ2) is 4.69. The Bertz CT molecular complexity index is 558. The van der Waals surface area contributed by atoms with E-state index in [1.54, 1.807) is 0 Å². The molecule has 0 aliphatic carbocycles. The highest BCUT2D eigenvalue weighted by atomic mass is 32.1. The lowest BCUT2D eigenvalue weighted by Crippen LogP contribution is -1.98. The molecule has 1 aromatic carbocycles. The number of hydrogen-bond acceptors (Lipinski definition) is 2. The van der Waals surface area contributed by atoms with Crippen LogP contribution >= 0.6 is 12.6 Å². The van der Waals surface area contributed by atoms with Crippen molar-refractivity contribution >= 4 is 23.5 Å². The summed E-state index contributed by atoms with van der Waals surface area (Å²) in [5, 5.41) is 1.27. The molecule has 0 atom stereocenters. The Morgan fingerprint density at radius 2 is 1.88 bits per heavy atom. The quantitative estimate of drug-likeness (QED) is 0.774. The zero-order chi connectivity index (χ0) is 12.6. The van der Waals surface area contributed by atoms with E-state index in [-0.39, 0.29) is 0 Å². The monoisotopic (exact) mass is 245 g/mol. The average molecular weight is 245 g/mol. The van der Waals surface area contributed by atoms with Crippen molar-refractivity contribution in [2.75, 3.05) is 0 Å². The molecule has 0 bridgehead atoms. The average Bonchev–Trinajstić information content (AvgIpc) is 2.26. The van der Waals surface area contributed by atoms with Crippen molar-refractivity contribution in [3.05, 3.63) is 40.6 Å². The van der Waals surface area contributed by atoms with Crippen molar-refractivity contribution in [3.8, 4) is 0 Å². The number of fused-ring (bicyclic) bond motifs is 1. The van der Waals surface area contributed by atoms with Gasteiger partial charge in [-0.05, 0) is 48.6 Å². The van der Waals surface area contributed by atoms with E-state index in [1.165, 1.54) is 22.1 Å². The number of nitrogens with zero attached hydrogens (tertiary/aromatic N) is 1. The molecule has 2 rings (SSSR count). The summed E-state index contributed by atoms with van der Waals surface area (Å²) >= 11 is 4.45. The van der Waals surface area contributed by atoms with Crippen LogP contribution in [0.15, 0.2) is 18.2 Å². The van der Waals surface area contributed by atoms with E-state index in [1.807, 2.05) is 0 Å². The topological polar surface area (TPSA) is 12.9 Å². The maximum absolute atomic E-state index is 4.77. The van der Waals surface area contributed by atoms with E-state index in [0.717, 1.165) is 17.0 Å². The van der Waals surface area contributed by atoms with Crippen molar-refractivity contribution in [2.45, 2.75) is 39.4 Å². The van der Waals surface area contributed by atoms with Gasteiger partial charge < -0.3 is 0 Å². The summed E-state index contributed by atoms with van der Waals surface area (Å²) in [5.74, 6) is 1.22. The van der Waals surface area contributed by atoms with E-state index >= 15 is 0 Å². The van der Waals surface area contributed by atoms with Gasteiger partial charge in [-0.15, -0.1) is 0 Å². The van der Waals surface area contributed by atoms with Gasteiger partial charge >= 0.3 is 0 Å². The lowest BCUT2D eigenvalue weighted by Gasteiger charge is -2.13. The standard InChI is InChI=1S/C15H19NS/c1-9(2)13-7-12(8-17)15-11(4)5-10(3)6-14(15)16-13/h5-7,9,17H,8H2,1-4H3. The van der Waals surface area contributed by atoms with E-state index in [2.05, 4.69) is 58.5 Å². The first-order chi connectivity index (χ1) is 8.02. The van der Waals surface area contributed by atoms with E-state index in [0.29, 0.717) is 5.92 Å². The van der Waals surface area contributed by atoms with Crippen LogP contribution in [0.2, 0.25) is 0 Å². The summed E-state index contributed by atoms with van der Waals surface area (Å²) in [6.45, 7) is 8.63. The summed E-state index contributed by atoms with van der Waals surface area (Å²) in [6, 6.07) is 6.58. The third kappa shape index (κ3) is 2.32. The van der Waals surface area contributed by atoms with Gasteiger partial charge in [0.2, 0.25) is 0 Å². The molecule has 0 aliphatic heterocycles. The fourth-order valence-corrected chi connectivity index (χ4v) is 2.54. The fraction of sp³-hybridized carbons (Fsp3) is 0.400. The molecular weight excluding hydrogens is 226 g/mol. The van der Waals surface area contributed by atoms with E-state index in [4.69, 9.17) is 4.98 Å². The Morgan fingerprint density at radius 3 is 2.47 bits per heavy atom. The maximum Gasteiger partial charge on any atom is 0.0713 e. The fourth-order valence-electron chi connectivity index (χ4n) is 2.29. The Labute approximate surface area is 109 Å². The number of hydrogen-bond donors (Lipinski definition) is 1. The van der Waals surface area contributed by atoms with Gasteiger partial charge in [-0.1, -0.05) is 19.9 Å². The number of aromatic nitrogens is 1. The minimum atomic E-state index is 0.457. The molecule has 0 saturated heterocycles. The van der Waals surface area contributed by atoms with Gasteiger partial charge in [-0.25, -0.2) is 0 Å². The normalized spacial score (nSPS) is 11.4. The van der Waals surface area contributed by atoms with Crippen molar-refractivity contribution < 1.29 is 0 Å². The minimum absolute atomic E-state index is 0.457. The van der Waals surface area contributed by atoms with Gasteiger partial charge in [0.15, 0.2) is 0 Å². The number of aryl methyl sites for hydroxylation is 2. The van der Waals surface area contributed by atoms with Crippen LogP contribution in [0.1, 0.15) is 42.1 Å². The highest BCUT2D eigenvalue weighted by molar-refractivity contribution is 7.79. The van der Waals surface area contributed by atoms with Crippen molar-refractivity contribution in [3.63, 3.8) is 0 Å². The SMILES string of the molecule is Cc1cc(C)c2c(CS)cc(C(C)C)nc2c1. The second-order valence-electron chi connectivity index (χ2n) is 5.00. The molecule has 2 aromatic rings. The Morgan fingerprint density at radius 1 is 1.18 bits per heavy atom. The Kier molecular flexibility index (Phi) is 3.43. The molecule has 0 spiro atoms. The van der Waals surface area contributed by atoms with Crippen LogP contribution < -0.4 is 0 Å². The molecule has 0 fully saturated rings. The summed E-state index contributed by atoms with van der Waals surface area (Å²) in [5.41, 5.74) is 6.13. The second-order valence-corrected chi connectivity index (χ2v) is 5.31. The first-order valence-electron chi connectivity index (χ1n) is 6.04. The molecule has 0 amide bonds. The van der Waals surface area contributed by atoms with Gasteiger partial charge in [0.1, 0.15) is 0 Å². The molecule has 0 N–H and O–H groups in total. The third-order valence-electron chi connectivity index (χ3n) is 3.11. The van der Waals surface area contributed by atoms with Gasteiger partial charge in [0.05, 0.1) is 5.52 Å². The van der Waals surface area contributed by atoms with Gasteiger partial charge in [-0.3, -0.25) is 4.98 Å². The van der Waals surface area contributed by atoms with Crippen LogP contribution in [0, 0.1) is 13.8 Å². The molecule has 90 valence electrons. The van der Waals surface area contributed by atoms with Crippen LogP contribution in [0.3, 0.4) is 0 Å². The zero-order valence-corrected chi connectivity index (χ0v) is 11.8. The van der Waals surface area contributed by atoms with Crippen LogP contribution in [-0.2, 0) is 5.75 Å². The summed E-state index contributed by atoms with van der Waals surface area (Å²) in [4.78, 5) is 4.77. The molecule has 1 heterocycles. The lowest BCUT2D eigenvalue weighted by atomic mass is 9.99. The zero-order valence-electron chi connectivity index (χ0n) is 10.9. The summed E-state index contributed by atoms with van der Waals surface area (Å²) in [7, 11) is 0. The predicted molar refractivity (Wildman–Crippen MR) is 78.0 cm³/mol. The Balaban J connectivity index is 2.82. The molecule has 1 aromatic heterocycles. The molecule has 0 saturated carbocycles. The summed E-state index contributed by atoms with van der Waals surface area (Å²) in [6.07, 6.45) is 0. The number of benzene rings is 1. The number of rotatable bonds is 2. The smallest absolute Gasteiger partial charge is 0.0713 e. The molecule has 0 unspecified atom stereocenters. The molecular formula is C15H19NS.